The molecule has 0 unspecified atom stereocenters. The zero-order valence-corrected chi connectivity index (χ0v) is 17.8. The topological polar surface area (TPSA) is 84.2 Å². The van der Waals surface area contributed by atoms with Crippen molar-refractivity contribution in [3.05, 3.63) is 35.7 Å². The zero-order valence-electron chi connectivity index (χ0n) is 17.8. The van der Waals surface area contributed by atoms with Crippen molar-refractivity contribution in [2.24, 2.45) is 11.3 Å². The summed E-state index contributed by atoms with van der Waals surface area (Å²) in [6.45, 7) is 7.74. The van der Waals surface area contributed by atoms with Gasteiger partial charge in [-0.2, -0.15) is 0 Å². The minimum atomic E-state index is -0.462. The first-order valence-electron chi connectivity index (χ1n) is 10.4. The molecule has 2 aromatic rings. The number of hydrogen-bond donors (Lipinski definition) is 2. The van der Waals surface area contributed by atoms with Gasteiger partial charge in [-0.1, -0.05) is 45.7 Å². The summed E-state index contributed by atoms with van der Waals surface area (Å²) >= 11 is 0. The van der Waals surface area contributed by atoms with E-state index in [-0.39, 0.29) is 11.8 Å². The minimum Gasteiger partial charge on any atom is -0.441 e. The van der Waals surface area contributed by atoms with Crippen LogP contribution < -0.4 is 10.6 Å². The number of carbonyl (C=O) groups is 2. The summed E-state index contributed by atoms with van der Waals surface area (Å²) in [6.07, 6.45) is 5.27. The maximum absolute atomic E-state index is 12.5. The standard InChI is InChI=1S/C23H31N3O3/c1-15-19(14-24-22(28)23(2,3)4)26-21(29-15)17-11-7-8-12-18(17)25-20(27)13-16-9-5-6-10-16/h7-8,11-12,16H,5-6,9-10,13-14H2,1-4H3,(H,24,28)(H,25,27). The lowest BCUT2D eigenvalue weighted by molar-refractivity contribution is -0.128. The van der Waals surface area contributed by atoms with Crippen molar-refractivity contribution < 1.29 is 14.0 Å². The first-order valence-corrected chi connectivity index (χ1v) is 10.4. The fraction of sp³-hybridized carbons (Fsp3) is 0.522. The average molecular weight is 398 g/mol. The zero-order chi connectivity index (χ0) is 21.0. The fourth-order valence-electron chi connectivity index (χ4n) is 3.59. The molecule has 0 saturated heterocycles. The molecule has 0 bridgehead atoms. The summed E-state index contributed by atoms with van der Waals surface area (Å²) in [7, 11) is 0. The van der Waals surface area contributed by atoms with Crippen LogP contribution in [-0.2, 0) is 16.1 Å². The molecule has 2 N–H and O–H groups in total. The molecule has 29 heavy (non-hydrogen) atoms. The number of rotatable bonds is 6. The molecule has 0 radical (unpaired) electrons. The van der Waals surface area contributed by atoms with Crippen LogP contribution in [0.3, 0.4) is 0 Å². The van der Waals surface area contributed by atoms with E-state index in [4.69, 9.17) is 4.42 Å². The SMILES string of the molecule is Cc1oc(-c2ccccc2NC(=O)CC2CCCC2)nc1CNC(=O)C(C)(C)C. The van der Waals surface area contributed by atoms with Crippen LogP contribution in [0.25, 0.3) is 11.5 Å². The van der Waals surface area contributed by atoms with Gasteiger partial charge in [0.2, 0.25) is 17.7 Å². The van der Waals surface area contributed by atoms with Gasteiger partial charge in [0.05, 0.1) is 17.8 Å². The molecule has 1 fully saturated rings. The molecule has 1 aromatic heterocycles. The predicted octanol–water partition coefficient (Wildman–Crippen LogP) is 4.83. The Kier molecular flexibility index (Phi) is 6.40. The van der Waals surface area contributed by atoms with Gasteiger partial charge < -0.3 is 15.1 Å². The van der Waals surface area contributed by atoms with Gasteiger partial charge in [-0.25, -0.2) is 4.98 Å². The van der Waals surface area contributed by atoms with Crippen molar-refractivity contribution >= 4 is 17.5 Å². The van der Waals surface area contributed by atoms with Crippen molar-refractivity contribution in [3.8, 4) is 11.5 Å². The maximum Gasteiger partial charge on any atom is 0.228 e. The number of aryl methyl sites for hydroxylation is 1. The van der Waals surface area contributed by atoms with Crippen LogP contribution in [0.4, 0.5) is 5.69 Å². The quantitative estimate of drug-likeness (QED) is 0.731. The fourth-order valence-corrected chi connectivity index (χ4v) is 3.59. The molecule has 3 rings (SSSR count). The van der Waals surface area contributed by atoms with E-state index >= 15 is 0 Å². The molecule has 1 saturated carbocycles. The van der Waals surface area contributed by atoms with Gasteiger partial charge in [0.1, 0.15) is 11.5 Å². The molecular formula is C23H31N3O3. The second-order valence-corrected chi connectivity index (χ2v) is 8.90. The van der Waals surface area contributed by atoms with E-state index in [0.29, 0.717) is 41.9 Å². The minimum absolute atomic E-state index is 0.0327. The average Bonchev–Trinajstić information content (AvgIpc) is 3.29. The van der Waals surface area contributed by atoms with E-state index in [2.05, 4.69) is 15.6 Å². The molecule has 1 aliphatic rings. The lowest BCUT2D eigenvalue weighted by Crippen LogP contribution is -2.34. The molecule has 1 aliphatic carbocycles. The van der Waals surface area contributed by atoms with Gasteiger partial charge in [0.15, 0.2) is 0 Å². The van der Waals surface area contributed by atoms with Crippen LogP contribution in [-0.4, -0.2) is 16.8 Å². The number of anilines is 1. The van der Waals surface area contributed by atoms with E-state index in [1.807, 2.05) is 52.0 Å². The van der Waals surface area contributed by atoms with Gasteiger partial charge in [-0.3, -0.25) is 9.59 Å². The third-order valence-corrected chi connectivity index (χ3v) is 5.37. The Hall–Kier alpha value is -2.63. The van der Waals surface area contributed by atoms with Crippen LogP contribution in [0.15, 0.2) is 28.7 Å². The number of aromatic nitrogens is 1. The number of amides is 2. The van der Waals surface area contributed by atoms with Crippen LogP contribution in [0.2, 0.25) is 0 Å². The van der Waals surface area contributed by atoms with Gasteiger partial charge >= 0.3 is 0 Å². The molecular weight excluding hydrogens is 366 g/mol. The van der Waals surface area contributed by atoms with Crippen molar-refractivity contribution in [2.75, 3.05) is 5.32 Å². The van der Waals surface area contributed by atoms with Crippen LogP contribution >= 0.6 is 0 Å². The van der Waals surface area contributed by atoms with Crippen LogP contribution in [0.1, 0.15) is 64.3 Å². The molecule has 2 amide bonds. The first kappa shape index (κ1) is 21.1. The maximum atomic E-state index is 12.5. The second kappa shape index (κ2) is 8.80. The van der Waals surface area contributed by atoms with Gasteiger partial charge in [-0.05, 0) is 37.8 Å². The number of nitrogens with one attached hydrogen (secondary N) is 2. The summed E-state index contributed by atoms with van der Waals surface area (Å²) in [4.78, 5) is 29.2. The highest BCUT2D eigenvalue weighted by Crippen LogP contribution is 2.31. The normalized spacial score (nSPS) is 14.8. The monoisotopic (exact) mass is 397 g/mol. The van der Waals surface area contributed by atoms with Crippen LogP contribution in [0.5, 0.6) is 0 Å². The number of para-hydroxylation sites is 1. The Morgan fingerprint density at radius 2 is 1.86 bits per heavy atom. The highest BCUT2D eigenvalue weighted by atomic mass is 16.4. The van der Waals surface area contributed by atoms with E-state index < -0.39 is 5.41 Å². The third-order valence-electron chi connectivity index (χ3n) is 5.37. The number of carbonyl (C=O) groups excluding carboxylic acids is 2. The van der Waals surface area contributed by atoms with E-state index in [9.17, 15) is 9.59 Å². The molecule has 6 heteroatoms. The lowest BCUT2D eigenvalue weighted by Gasteiger charge is -2.16. The van der Waals surface area contributed by atoms with E-state index in [1.54, 1.807) is 0 Å². The van der Waals surface area contributed by atoms with Gasteiger partial charge in [0.25, 0.3) is 0 Å². The molecule has 6 nitrogen and oxygen atoms in total. The molecule has 1 aromatic carbocycles. The molecule has 156 valence electrons. The Morgan fingerprint density at radius 3 is 2.55 bits per heavy atom. The van der Waals surface area contributed by atoms with Gasteiger partial charge in [-0.15, -0.1) is 0 Å². The molecule has 0 atom stereocenters. The van der Waals surface area contributed by atoms with Crippen molar-refractivity contribution in [1.82, 2.24) is 10.3 Å². The highest BCUT2D eigenvalue weighted by molar-refractivity contribution is 5.94. The summed E-state index contributed by atoms with van der Waals surface area (Å²) in [6, 6.07) is 7.52. The molecule has 0 aliphatic heterocycles. The number of oxazole rings is 1. The summed E-state index contributed by atoms with van der Waals surface area (Å²) in [5, 5.41) is 5.93. The second-order valence-electron chi connectivity index (χ2n) is 8.90. The van der Waals surface area contributed by atoms with Gasteiger partial charge in [0, 0.05) is 11.8 Å². The largest absolute Gasteiger partial charge is 0.441 e. The summed E-state index contributed by atoms with van der Waals surface area (Å²) < 4.78 is 5.86. The summed E-state index contributed by atoms with van der Waals surface area (Å²) in [5.41, 5.74) is 1.66. The highest BCUT2D eigenvalue weighted by Gasteiger charge is 2.23. The molecule has 0 spiro atoms. The Labute approximate surface area is 172 Å². The smallest absolute Gasteiger partial charge is 0.228 e. The van der Waals surface area contributed by atoms with E-state index in [0.717, 1.165) is 18.4 Å². The van der Waals surface area contributed by atoms with Crippen LogP contribution in [0, 0.1) is 18.3 Å². The first-order chi connectivity index (χ1) is 13.7. The summed E-state index contributed by atoms with van der Waals surface area (Å²) in [5.74, 6) is 1.58. The van der Waals surface area contributed by atoms with Crippen molar-refractivity contribution in [3.63, 3.8) is 0 Å². The van der Waals surface area contributed by atoms with Crippen molar-refractivity contribution in [2.45, 2.75) is 66.3 Å². The van der Waals surface area contributed by atoms with Crippen molar-refractivity contribution in [1.29, 1.82) is 0 Å². The predicted molar refractivity (Wildman–Crippen MR) is 113 cm³/mol. The lowest BCUT2D eigenvalue weighted by atomic mass is 9.96. The Bertz CT molecular complexity index is 874. The number of hydrogen-bond acceptors (Lipinski definition) is 4. The Balaban J connectivity index is 1.72. The number of nitrogens with zero attached hydrogens (tertiary/aromatic N) is 1. The number of benzene rings is 1. The third kappa shape index (κ3) is 5.46. The van der Waals surface area contributed by atoms with E-state index in [1.165, 1.54) is 12.8 Å². The Morgan fingerprint density at radius 1 is 1.17 bits per heavy atom. The molecule has 1 heterocycles.